The molecule has 1 aromatic rings. The molecule has 5 nitrogen and oxygen atoms in total. The number of ether oxygens (including phenoxy) is 3. The fourth-order valence-corrected chi connectivity index (χ4v) is 2.09. The highest BCUT2D eigenvalue weighted by atomic mass is 127. The van der Waals surface area contributed by atoms with Crippen LogP contribution in [0.4, 0.5) is 0 Å². The monoisotopic (exact) mass is 370 g/mol. The number of halogens is 2. The van der Waals surface area contributed by atoms with Crippen LogP contribution in [-0.4, -0.2) is 36.9 Å². The van der Waals surface area contributed by atoms with Crippen LogP contribution in [0.2, 0.25) is 5.15 Å². The van der Waals surface area contributed by atoms with Crippen molar-refractivity contribution in [3.63, 3.8) is 0 Å². The summed E-state index contributed by atoms with van der Waals surface area (Å²) in [6, 6.07) is 0. The molecule has 0 radical (unpaired) electrons. The molecule has 2 heterocycles. The van der Waals surface area contributed by atoms with Gasteiger partial charge in [0.1, 0.15) is 11.3 Å². The van der Waals surface area contributed by atoms with E-state index >= 15 is 0 Å². The van der Waals surface area contributed by atoms with Gasteiger partial charge >= 0.3 is 0 Å². The lowest BCUT2D eigenvalue weighted by atomic mass is 10.3. The quantitative estimate of drug-likeness (QED) is 0.601. The molecule has 0 saturated carbocycles. The Kier molecular flexibility index (Phi) is 4.92. The molecule has 7 heteroatoms. The highest BCUT2D eigenvalue weighted by molar-refractivity contribution is 14.1. The second-order valence-corrected chi connectivity index (χ2v) is 4.94. The van der Waals surface area contributed by atoms with E-state index in [9.17, 15) is 0 Å². The van der Waals surface area contributed by atoms with E-state index in [0.717, 1.165) is 9.26 Å². The Morgan fingerprint density at radius 2 is 2.29 bits per heavy atom. The second kappa shape index (κ2) is 6.24. The first-order valence-corrected chi connectivity index (χ1v) is 6.58. The van der Waals surface area contributed by atoms with E-state index < -0.39 is 0 Å². The first kappa shape index (κ1) is 13.4. The number of hydrogen-bond donors (Lipinski definition) is 0. The molecule has 1 aliphatic heterocycles. The largest absolute Gasteiger partial charge is 0.378 e. The van der Waals surface area contributed by atoms with E-state index in [1.807, 2.05) is 0 Å². The summed E-state index contributed by atoms with van der Waals surface area (Å²) in [5.74, 6) is 0.558. The van der Waals surface area contributed by atoms with Gasteiger partial charge in [-0.15, -0.1) is 0 Å². The van der Waals surface area contributed by atoms with Crippen molar-refractivity contribution < 1.29 is 14.2 Å². The van der Waals surface area contributed by atoms with Gasteiger partial charge in [-0.2, -0.15) is 0 Å². The molecule has 1 saturated heterocycles. The highest BCUT2D eigenvalue weighted by Gasteiger charge is 2.22. The van der Waals surface area contributed by atoms with Gasteiger partial charge in [-0.05, 0) is 22.6 Å². The van der Waals surface area contributed by atoms with Gasteiger partial charge in [-0.3, -0.25) is 0 Å². The van der Waals surface area contributed by atoms with Crippen molar-refractivity contribution in [1.82, 2.24) is 9.97 Å². The van der Waals surface area contributed by atoms with Crippen LogP contribution in [0.25, 0.3) is 0 Å². The molecule has 0 bridgehead atoms. The van der Waals surface area contributed by atoms with Gasteiger partial charge < -0.3 is 14.2 Å². The molecule has 1 fully saturated rings. The van der Waals surface area contributed by atoms with Gasteiger partial charge in [0.25, 0.3) is 0 Å². The van der Waals surface area contributed by atoms with Crippen molar-refractivity contribution >= 4 is 34.2 Å². The molecule has 0 spiro atoms. The Hall–Kier alpha value is -0.0200. The Bertz CT molecular complexity index is 399. The molecule has 0 N–H and O–H groups in total. The third-order valence-corrected chi connectivity index (χ3v) is 4.01. The molecule has 1 aromatic heterocycles. The highest BCUT2D eigenvalue weighted by Crippen LogP contribution is 2.24. The smallest absolute Gasteiger partial charge is 0.161 e. The van der Waals surface area contributed by atoms with Gasteiger partial charge in [0.15, 0.2) is 5.82 Å². The molecular weight excluding hydrogens is 358 g/mol. The van der Waals surface area contributed by atoms with E-state index in [1.54, 1.807) is 7.11 Å². The lowest BCUT2D eigenvalue weighted by Gasteiger charge is -2.22. The van der Waals surface area contributed by atoms with Gasteiger partial charge in [-0.25, -0.2) is 9.97 Å². The number of rotatable bonds is 3. The second-order valence-electron chi connectivity index (χ2n) is 3.50. The van der Waals surface area contributed by atoms with Crippen molar-refractivity contribution in [1.29, 1.82) is 0 Å². The summed E-state index contributed by atoms with van der Waals surface area (Å²) in [4.78, 5) is 8.64. The minimum absolute atomic E-state index is 0.242. The maximum Gasteiger partial charge on any atom is 0.161 e. The predicted molar refractivity (Wildman–Crippen MR) is 70.0 cm³/mol. The fraction of sp³-hybridized carbons (Fsp3) is 0.600. The summed E-state index contributed by atoms with van der Waals surface area (Å²) in [5, 5.41) is 0.428. The zero-order valence-corrected chi connectivity index (χ0v) is 12.2. The van der Waals surface area contributed by atoms with E-state index in [1.165, 1.54) is 0 Å². The van der Waals surface area contributed by atoms with Crippen LogP contribution in [0.5, 0.6) is 0 Å². The molecule has 1 aliphatic rings. The van der Waals surface area contributed by atoms with Crippen LogP contribution >= 0.6 is 34.2 Å². The van der Waals surface area contributed by atoms with Crippen molar-refractivity contribution in [3.05, 3.63) is 20.2 Å². The first-order valence-electron chi connectivity index (χ1n) is 5.12. The van der Waals surface area contributed by atoms with Crippen LogP contribution in [-0.2, 0) is 20.8 Å². The Morgan fingerprint density at radius 1 is 1.47 bits per heavy atom. The summed E-state index contributed by atoms with van der Waals surface area (Å²) >= 11 is 8.17. The van der Waals surface area contributed by atoms with E-state index in [2.05, 4.69) is 32.6 Å². The molecule has 0 aliphatic carbocycles. The van der Waals surface area contributed by atoms with Crippen molar-refractivity contribution in [2.75, 3.05) is 26.9 Å². The van der Waals surface area contributed by atoms with Crippen molar-refractivity contribution in [3.8, 4) is 0 Å². The fourth-order valence-electron chi connectivity index (χ4n) is 1.49. The third kappa shape index (κ3) is 3.25. The Balaban J connectivity index is 2.27. The number of methoxy groups -OCH3 is 1. The van der Waals surface area contributed by atoms with Gasteiger partial charge in [-0.1, -0.05) is 11.6 Å². The topological polar surface area (TPSA) is 53.5 Å². The summed E-state index contributed by atoms with van der Waals surface area (Å²) in [7, 11) is 1.62. The van der Waals surface area contributed by atoms with Crippen LogP contribution in [0.3, 0.4) is 0 Å². The lowest BCUT2D eigenvalue weighted by Crippen LogP contribution is -2.24. The Labute approximate surface area is 118 Å². The van der Waals surface area contributed by atoms with Crippen LogP contribution in [0.15, 0.2) is 0 Å². The van der Waals surface area contributed by atoms with Gasteiger partial charge in [0.05, 0.1) is 35.7 Å². The van der Waals surface area contributed by atoms with Crippen molar-refractivity contribution in [2.45, 2.75) is 12.7 Å². The predicted octanol–water partition coefficient (Wildman–Crippen LogP) is 1.97. The molecule has 94 valence electrons. The van der Waals surface area contributed by atoms with Crippen molar-refractivity contribution in [2.24, 2.45) is 0 Å². The minimum Gasteiger partial charge on any atom is -0.378 e. The van der Waals surface area contributed by atoms with E-state index in [0.29, 0.717) is 37.4 Å². The third-order valence-electron chi connectivity index (χ3n) is 2.28. The number of aromatic nitrogens is 2. The Morgan fingerprint density at radius 3 is 2.94 bits per heavy atom. The van der Waals surface area contributed by atoms with Crippen LogP contribution < -0.4 is 0 Å². The summed E-state index contributed by atoms with van der Waals surface area (Å²) in [6.07, 6.45) is -0.242. The number of nitrogens with zero attached hydrogens (tertiary/aromatic N) is 2. The van der Waals surface area contributed by atoms with Crippen LogP contribution in [0.1, 0.15) is 17.6 Å². The van der Waals surface area contributed by atoms with Crippen LogP contribution in [0, 0.1) is 3.57 Å². The average molecular weight is 371 g/mol. The van der Waals surface area contributed by atoms with E-state index in [-0.39, 0.29) is 6.10 Å². The molecule has 17 heavy (non-hydrogen) atoms. The lowest BCUT2D eigenvalue weighted by molar-refractivity contribution is -0.0936. The molecule has 1 unspecified atom stereocenters. The van der Waals surface area contributed by atoms with Gasteiger partial charge in [0.2, 0.25) is 0 Å². The summed E-state index contributed by atoms with van der Waals surface area (Å²) in [6.45, 7) is 2.03. The molecule has 2 rings (SSSR count). The standard InChI is InChI=1S/C10H12ClIN2O3/c1-15-4-6-8(12)9(11)14-10(13-6)7-5-16-2-3-17-7/h7H,2-5H2,1H3. The molecule has 0 aromatic carbocycles. The molecule has 0 amide bonds. The zero-order chi connectivity index (χ0) is 12.3. The molecular formula is C10H12ClIN2O3. The average Bonchev–Trinajstić information content (AvgIpc) is 2.36. The summed E-state index contributed by atoms with van der Waals surface area (Å²) < 4.78 is 16.8. The maximum atomic E-state index is 6.06. The van der Waals surface area contributed by atoms with E-state index in [4.69, 9.17) is 25.8 Å². The maximum absolute atomic E-state index is 6.06. The summed E-state index contributed by atoms with van der Waals surface area (Å²) in [5.41, 5.74) is 0.775. The van der Waals surface area contributed by atoms with Gasteiger partial charge in [0, 0.05) is 7.11 Å². The SMILES string of the molecule is COCc1nc(C2COCCO2)nc(Cl)c1I. The minimum atomic E-state index is -0.242. The first-order chi connectivity index (χ1) is 8.22. The molecule has 1 atom stereocenters. The number of hydrogen-bond acceptors (Lipinski definition) is 5. The zero-order valence-electron chi connectivity index (χ0n) is 9.28. The normalized spacial score (nSPS) is 20.5.